The number of allylic oxidation sites excluding steroid dienone is 2. The first-order chi connectivity index (χ1) is 6.42. The van der Waals surface area contributed by atoms with Crippen LogP contribution in [0.3, 0.4) is 0 Å². The van der Waals surface area contributed by atoms with Crippen LogP contribution in [0.1, 0.15) is 32.1 Å². The van der Waals surface area contributed by atoms with Gasteiger partial charge in [-0.05, 0) is 19.3 Å². The molecule has 0 saturated heterocycles. The number of halogens is 3. The molecule has 0 aliphatic carbocycles. The summed E-state index contributed by atoms with van der Waals surface area (Å²) in [5, 5.41) is 8.26. The van der Waals surface area contributed by atoms with Gasteiger partial charge in [0.1, 0.15) is 0 Å². The lowest BCUT2D eigenvalue weighted by Crippen LogP contribution is -2.00. The molecule has 1 N–H and O–H groups in total. The van der Waals surface area contributed by atoms with E-state index in [0.717, 1.165) is 6.08 Å². The van der Waals surface area contributed by atoms with Gasteiger partial charge in [-0.25, -0.2) is 0 Å². The molecule has 82 valence electrons. The molecule has 0 atom stereocenters. The lowest BCUT2D eigenvalue weighted by atomic mass is 10.1. The Balaban J connectivity index is 3.30. The molecule has 0 aromatic carbocycles. The number of hydrogen-bond acceptors (Lipinski definition) is 1. The van der Waals surface area contributed by atoms with E-state index in [2.05, 4.69) is 0 Å². The normalized spacial score (nSPS) is 12.2. The molecule has 0 rings (SSSR count). The molecule has 14 heavy (non-hydrogen) atoms. The van der Waals surface area contributed by atoms with E-state index in [4.69, 9.17) is 5.11 Å². The van der Waals surface area contributed by atoms with Crippen molar-refractivity contribution >= 4 is 5.97 Å². The maximum absolute atomic E-state index is 11.6. The predicted molar refractivity (Wildman–Crippen MR) is 45.9 cm³/mol. The van der Waals surface area contributed by atoms with Crippen LogP contribution in [-0.4, -0.2) is 17.3 Å². The fraction of sp³-hybridized carbons (Fsp3) is 0.667. The summed E-state index contributed by atoms with van der Waals surface area (Å²) in [4.78, 5) is 10.1. The highest BCUT2D eigenvalue weighted by Gasteiger charge is 2.21. The van der Waals surface area contributed by atoms with Gasteiger partial charge in [-0.15, -0.1) is 0 Å². The van der Waals surface area contributed by atoms with Crippen molar-refractivity contribution in [2.75, 3.05) is 0 Å². The highest BCUT2D eigenvalue weighted by Crippen LogP contribution is 2.16. The van der Waals surface area contributed by atoms with E-state index in [9.17, 15) is 18.0 Å². The van der Waals surface area contributed by atoms with Crippen LogP contribution in [0.25, 0.3) is 0 Å². The molecule has 0 aromatic heterocycles. The fourth-order valence-electron chi connectivity index (χ4n) is 0.932. The number of hydrogen-bond donors (Lipinski definition) is 1. The minimum absolute atomic E-state index is 0.0863. The van der Waals surface area contributed by atoms with E-state index in [1.807, 2.05) is 0 Å². The summed E-state index contributed by atoms with van der Waals surface area (Å²) in [6, 6.07) is 0. The standard InChI is InChI=1S/C9H13F3O2/c10-9(11,12)7-5-3-1-2-4-6-8(13)14/h5,7H,1-4,6H2,(H,13,14)/b7-5-. The highest BCUT2D eigenvalue weighted by atomic mass is 19.4. The van der Waals surface area contributed by atoms with Crippen molar-refractivity contribution in [3.8, 4) is 0 Å². The Morgan fingerprint density at radius 3 is 2.36 bits per heavy atom. The molecule has 0 heterocycles. The van der Waals surface area contributed by atoms with Crippen molar-refractivity contribution in [3.63, 3.8) is 0 Å². The SMILES string of the molecule is O=C(O)CCCCC/C=C\C(F)(F)F. The predicted octanol–water partition coefficient (Wildman–Crippen LogP) is 3.14. The molecule has 0 aliphatic rings. The van der Waals surface area contributed by atoms with Crippen LogP contribution in [0.15, 0.2) is 12.2 Å². The lowest BCUT2D eigenvalue weighted by Gasteiger charge is -1.98. The Morgan fingerprint density at radius 2 is 1.86 bits per heavy atom. The molecule has 0 aliphatic heterocycles. The van der Waals surface area contributed by atoms with Gasteiger partial charge in [-0.2, -0.15) is 13.2 Å². The molecule has 0 unspecified atom stereocenters. The van der Waals surface area contributed by atoms with Crippen LogP contribution < -0.4 is 0 Å². The molecule has 5 heteroatoms. The molecule has 2 nitrogen and oxygen atoms in total. The van der Waals surface area contributed by atoms with E-state index in [1.165, 1.54) is 0 Å². The third-order valence-electron chi connectivity index (χ3n) is 1.57. The van der Waals surface area contributed by atoms with Crippen molar-refractivity contribution in [2.24, 2.45) is 0 Å². The number of carboxylic acids is 1. The summed E-state index contributed by atoms with van der Waals surface area (Å²) >= 11 is 0. The molecule has 0 radical (unpaired) electrons. The maximum Gasteiger partial charge on any atom is 0.409 e. The van der Waals surface area contributed by atoms with Crippen LogP contribution in [0, 0.1) is 0 Å². The first-order valence-corrected chi connectivity index (χ1v) is 4.38. The van der Waals surface area contributed by atoms with Gasteiger partial charge in [0.05, 0.1) is 0 Å². The van der Waals surface area contributed by atoms with E-state index in [1.54, 1.807) is 0 Å². The summed E-state index contributed by atoms with van der Waals surface area (Å²) in [5.41, 5.74) is 0. The van der Waals surface area contributed by atoms with Gasteiger partial charge in [-0.1, -0.05) is 12.5 Å². The first kappa shape index (κ1) is 13.0. The molecule has 0 amide bonds. The second-order valence-corrected chi connectivity index (χ2v) is 2.94. The number of unbranched alkanes of at least 4 members (excludes halogenated alkanes) is 3. The Kier molecular flexibility index (Phi) is 5.99. The first-order valence-electron chi connectivity index (χ1n) is 4.38. The topological polar surface area (TPSA) is 37.3 Å². The van der Waals surface area contributed by atoms with Crippen LogP contribution >= 0.6 is 0 Å². The monoisotopic (exact) mass is 210 g/mol. The number of alkyl halides is 3. The lowest BCUT2D eigenvalue weighted by molar-refractivity contribution is -0.137. The van der Waals surface area contributed by atoms with Gasteiger partial charge in [-0.3, -0.25) is 4.79 Å². The van der Waals surface area contributed by atoms with Crippen molar-refractivity contribution < 1.29 is 23.1 Å². The summed E-state index contributed by atoms with van der Waals surface area (Å²) in [7, 11) is 0. The molecular weight excluding hydrogens is 197 g/mol. The molecule has 0 spiro atoms. The molecule has 0 bridgehead atoms. The second-order valence-electron chi connectivity index (χ2n) is 2.94. The van der Waals surface area contributed by atoms with Gasteiger partial charge < -0.3 is 5.11 Å². The van der Waals surface area contributed by atoms with Gasteiger partial charge >= 0.3 is 12.1 Å². The average Bonchev–Trinajstić information content (AvgIpc) is 2.00. The Bertz CT molecular complexity index is 197. The largest absolute Gasteiger partial charge is 0.481 e. The zero-order valence-corrected chi connectivity index (χ0v) is 7.68. The molecule has 0 aromatic rings. The second kappa shape index (κ2) is 6.45. The molecule has 0 saturated carbocycles. The quantitative estimate of drug-likeness (QED) is 0.540. The van der Waals surface area contributed by atoms with Crippen LogP contribution in [-0.2, 0) is 4.79 Å². The van der Waals surface area contributed by atoms with Crippen LogP contribution in [0.4, 0.5) is 13.2 Å². The van der Waals surface area contributed by atoms with Gasteiger partial charge in [0.15, 0.2) is 0 Å². The van der Waals surface area contributed by atoms with E-state index < -0.39 is 12.1 Å². The molecular formula is C9H13F3O2. The smallest absolute Gasteiger partial charge is 0.409 e. The van der Waals surface area contributed by atoms with Gasteiger partial charge in [0.2, 0.25) is 0 Å². The number of carboxylic acid groups (broad SMARTS) is 1. The number of aliphatic carboxylic acids is 1. The number of carbonyl (C=O) groups is 1. The highest BCUT2D eigenvalue weighted by molar-refractivity contribution is 5.66. The third-order valence-corrected chi connectivity index (χ3v) is 1.57. The minimum atomic E-state index is -4.24. The minimum Gasteiger partial charge on any atom is -0.481 e. The summed E-state index contributed by atoms with van der Waals surface area (Å²) < 4.78 is 34.7. The van der Waals surface area contributed by atoms with Crippen molar-refractivity contribution in [1.29, 1.82) is 0 Å². The van der Waals surface area contributed by atoms with Crippen molar-refractivity contribution in [2.45, 2.75) is 38.3 Å². The summed E-state index contributed by atoms with van der Waals surface area (Å²) in [5.74, 6) is -0.865. The average molecular weight is 210 g/mol. The maximum atomic E-state index is 11.6. The van der Waals surface area contributed by atoms with Gasteiger partial charge in [0.25, 0.3) is 0 Å². The van der Waals surface area contributed by atoms with E-state index in [0.29, 0.717) is 25.7 Å². The fourth-order valence-corrected chi connectivity index (χ4v) is 0.932. The summed E-state index contributed by atoms with van der Waals surface area (Å²) in [6.07, 6.45) is -0.752. The number of rotatable bonds is 6. The third kappa shape index (κ3) is 11.0. The Hall–Kier alpha value is -1.00. The summed E-state index contributed by atoms with van der Waals surface area (Å²) in [6.45, 7) is 0. The zero-order chi connectivity index (χ0) is 11.0. The van der Waals surface area contributed by atoms with Crippen molar-refractivity contribution in [1.82, 2.24) is 0 Å². The van der Waals surface area contributed by atoms with Crippen LogP contribution in [0.5, 0.6) is 0 Å². The van der Waals surface area contributed by atoms with Gasteiger partial charge in [0, 0.05) is 12.5 Å². The Labute approximate surface area is 80.4 Å². The Morgan fingerprint density at radius 1 is 1.21 bits per heavy atom. The molecule has 0 fully saturated rings. The van der Waals surface area contributed by atoms with Crippen molar-refractivity contribution in [3.05, 3.63) is 12.2 Å². The zero-order valence-electron chi connectivity index (χ0n) is 7.68. The van der Waals surface area contributed by atoms with E-state index in [-0.39, 0.29) is 12.5 Å². The van der Waals surface area contributed by atoms with Crippen LogP contribution in [0.2, 0.25) is 0 Å². The van der Waals surface area contributed by atoms with E-state index >= 15 is 0 Å².